The smallest absolute Gasteiger partial charge is 0.341 e. The van der Waals surface area contributed by atoms with Gasteiger partial charge in [0.25, 0.3) is 0 Å². The number of halogens is 2. The van der Waals surface area contributed by atoms with Crippen LogP contribution < -0.4 is 11.1 Å². The fourth-order valence-electron chi connectivity index (χ4n) is 2.56. The summed E-state index contributed by atoms with van der Waals surface area (Å²) in [6.07, 6.45) is 2.47. The van der Waals surface area contributed by atoms with E-state index in [-0.39, 0.29) is 5.56 Å². The third kappa shape index (κ3) is 2.35. The van der Waals surface area contributed by atoms with Gasteiger partial charge in [0.05, 0.1) is 0 Å². The summed E-state index contributed by atoms with van der Waals surface area (Å²) in [6, 6.07) is 2.55. The molecular formula is C14H14F2N4O. The molecule has 0 spiro atoms. The normalized spacial score (nSPS) is 14.2. The number of carbonyl (C=O) groups excluding carboxylic acids is 1. The number of benzene rings is 1. The van der Waals surface area contributed by atoms with Gasteiger partial charge in [-0.2, -0.15) is 9.78 Å². The van der Waals surface area contributed by atoms with Crippen molar-refractivity contribution < 1.29 is 13.6 Å². The van der Waals surface area contributed by atoms with Crippen LogP contribution in [-0.4, -0.2) is 22.4 Å². The minimum absolute atomic E-state index is 0.163. The summed E-state index contributed by atoms with van der Waals surface area (Å²) in [5.41, 5.74) is 6.54. The van der Waals surface area contributed by atoms with Crippen molar-refractivity contribution in [1.82, 2.24) is 9.78 Å². The zero-order chi connectivity index (χ0) is 15.0. The van der Waals surface area contributed by atoms with Crippen molar-refractivity contribution in [2.75, 3.05) is 11.9 Å². The number of hydrogen-bond acceptors (Lipinski definition) is 3. The largest absolute Gasteiger partial charge is 0.370 e. The van der Waals surface area contributed by atoms with Gasteiger partial charge in [-0.15, -0.1) is 0 Å². The predicted octanol–water partition coefficient (Wildman–Crippen LogP) is 2.50. The van der Waals surface area contributed by atoms with E-state index < -0.39 is 17.7 Å². The molecule has 1 aliphatic heterocycles. The summed E-state index contributed by atoms with van der Waals surface area (Å²) in [5.74, 6) is -0.871. The van der Waals surface area contributed by atoms with Gasteiger partial charge in [0.15, 0.2) is 0 Å². The van der Waals surface area contributed by atoms with Gasteiger partial charge >= 0.3 is 6.03 Å². The topological polar surface area (TPSA) is 72.9 Å². The third-order valence-electron chi connectivity index (χ3n) is 3.52. The van der Waals surface area contributed by atoms with Crippen LogP contribution in [0.4, 0.5) is 19.4 Å². The van der Waals surface area contributed by atoms with Gasteiger partial charge < -0.3 is 11.1 Å². The van der Waals surface area contributed by atoms with Gasteiger partial charge in [0.1, 0.15) is 23.1 Å². The van der Waals surface area contributed by atoms with Crippen molar-refractivity contribution in [3.63, 3.8) is 0 Å². The number of primary amides is 1. The Bertz CT molecular complexity index is 711. The van der Waals surface area contributed by atoms with Crippen LogP contribution in [0.3, 0.4) is 0 Å². The van der Waals surface area contributed by atoms with Gasteiger partial charge in [-0.05, 0) is 31.4 Å². The molecule has 0 atom stereocenters. The SMILES string of the molecule is NC(=O)n1nc(-c2ccc(F)cc2F)c2c1NCCCC2. The molecule has 5 nitrogen and oxygen atoms in total. The molecular weight excluding hydrogens is 278 g/mol. The zero-order valence-corrected chi connectivity index (χ0v) is 11.2. The molecule has 1 amide bonds. The Kier molecular flexibility index (Phi) is 3.32. The van der Waals surface area contributed by atoms with Crippen LogP contribution in [-0.2, 0) is 6.42 Å². The lowest BCUT2D eigenvalue weighted by atomic mass is 10.0. The maximum absolute atomic E-state index is 14.0. The lowest BCUT2D eigenvalue weighted by Crippen LogP contribution is -2.23. The Hall–Kier alpha value is -2.44. The lowest BCUT2D eigenvalue weighted by molar-refractivity contribution is 0.248. The molecule has 110 valence electrons. The number of hydrogen-bond donors (Lipinski definition) is 2. The van der Waals surface area contributed by atoms with Crippen LogP contribution in [0.2, 0.25) is 0 Å². The Morgan fingerprint density at radius 3 is 2.86 bits per heavy atom. The number of anilines is 1. The minimum Gasteiger partial charge on any atom is -0.370 e. The van der Waals surface area contributed by atoms with Crippen molar-refractivity contribution in [1.29, 1.82) is 0 Å². The van der Waals surface area contributed by atoms with Crippen molar-refractivity contribution in [3.05, 3.63) is 35.4 Å². The summed E-state index contributed by atoms with van der Waals surface area (Å²) >= 11 is 0. The molecule has 0 radical (unpaired) electrons. The monoisotopic (exact) mass is 292 g/mol. The summed E-state index contributed by atoms with van der Waals surface area (Å²) in [6.45, 7) is 0.692. The van der Waals surface area contributed by atoms with Crippen LogP contribution in [0.5, 0.6) is 0 Å². The first-order chi connectivity index (χ1) is 10.1. The molecule has 1 aromatic carbocycles. The quantitative estimate of drug-likeness (QED) is 0.848. The third-order valence-corrected chi connectivity index (χ3v) is 3.52. The van der Waals surface area contributed by atoms with E-state index in [9.17, 15) is 13.6 Å². The van der Waals surface area contributed by atoms with Gasteiger partial charge in [-0.3, -0.25) is 0 Å². The highest BCUT2D eigenvalue weighted by atomic mass is 19.1. The van der Waals surface area contributed by atoms with Crippen LogP contribution >= 0.6 is 0 Å². The molecule has 21 heavy (non-hydrogen) atoms. The van der Waals surface area contributed by atoms with E-state index in [1.807, 2.05) is 0 Å². The number of fused-ring (bicyclic) bond motifs is 1. The van der Waals surface area contributed by atoms with Gasteiger partial charge in [0.2, 0.25) is 0 Å². The Morgan fingerprint density at radius 2 is 2.14 bits per heavy atom. The van der Waals surface area contributed by atoms with Crippen molar-refractivity contribution >= 4 is 11.8 Å². The maximum atomic E-state index is 14.0. The van der Waals surface area contributed by atoms with E-state index in [1.54, 1.807) is 0 Å². The predicted molar refractivity (Wildman–Crippen MR) is 74.0 cm³/mol. The standard InChI is InChI=1S/C14H14F2N4O/c15-8-4-5-9(11(16)7-8)12-10-3-1-2-6-18-13(10)20(19-12)14(17)21/h4-5,7,18H,1-3,6H2,(H2,17,21). The van der Waals surface area contributed by atoms with E-state index in [1.165, 1.54) is 6.07 Å². The van der Waals surface area contributed by atoms with E-state index in [0.717, 1.165) is 35.2 Å². The highest BCUT2D eigenvalue weighted by molar-refractivity contribution is 5.82. The number of amides is 1. The van der Waals surface area contributed by atoms with E-state index in [4.69, 9.17) is 5.73 Å². The lowest BCUT2D eigenvalue weighted by Gasteiger charge is -2.05. The summed E-state index contributed by atoms with van der Waals surface area (Å²) in [4.78, 5) is 11.5. The van der Waals surface area contributed by atoms with E-state index in [0.29, 0.717) is 24.5 Å². The second-order valence-corrected chi connectivity index (χ2v) is 4.93. The van der Waals surface area contributed by atoms with Gasteiger partial charge in [0, 0.05) is 23.7 Å². The Labute approximate surface area is 119 Å². The number of rotatable bonds is 1. The zero-order valence-electron chi connectivity index (χ0n) is 11.2. The van der Waals surface area contributed by atoms with Crippen LogP contribution in [0.15, 0.2) is 18.2 Å². The second-order valence-electron chi connectivity index (χ2n) is 4.93. The summed E-state index contributed by atoms with van der Waals surface area (Å²) in [5, 5.41) is 7.21. The van der Waals surface area contributed by atoms with Crippen molar-refractivity contribution in [2.24, 2.45) is 5.73 Å². The minimum atomic E-state index is -0.741. The van der Waals surface area contributed by atoms with Gasteiger partial charge in [-0.25, -0.2) is 13.6 Å². The molecule has 0 unspecified atom stereocenters. The average Bonchev–Trinajstić information content (AvgIpc) is 2.63. The fraction of sp³-hybridized carbons (Fsp3) is 0.286. The highest BCUT2D eigenvalue weighted by Crippen LogP contribution is 2.33. The Morgan fingerprint density at radius 1 is 1.33 bits per heavy atom. The number of nitrogens with zero attached hydrogens (tertiary/aromatic N) is 2. The number of aromatic nitrogens is 2. The molecule has 0 fully saturated rings. The average molecular weight is 292 g/mol. The first-order valence-corrected chi connectivity index (χ1v) is 6.69. The molecule has 0 bridgehead atoms. The summed E-state index contributed by atoms with van der Waals surface area (Å²) in [7, 11) is 0. The number of nitrogens with one attached hydrogen (secondary N) is 1. The molecule has 2 heterocycles. The van der Waals surface area contributed by atoms with Crippen molar-refractivity contribution in [2.45, 2.75) is 19.3 Å². The number of carbonyl (C=O) groups is 1. The molecule has 7 heteroatoms. The van der Waals surface area contributed by atoms with Crippen LogP contribution in [0, 0.1) is 11.6 Å². The molecule has 0 saturated carbocycles. The van der Waals surface area contributed by atoms with E-state index in [2.05, 4.69) is 10.4 Å². The Balaban J connectivity index is 2.20. The first kappa shape index (κ1) is 13.5. The molecule has 0 saturated heterocycles. The fourth-order valence-corrected chi connectivity index (χ4v) is 2.56. The van der Waals surface area contributed by atoms with Crippen molar-refractivity contribution in [3.8, 4) is 11.3 Å². The number of nitrogens with two attached hydrogens (primary N) is 1. The summed E-state index contributed by atoms with van der Waals surface area (Å²) < 4.78 is 28.1. The molecule has 0 aliphatic carbocycles. The molecule has 1 aliphatic rings. The van der Waals surface area contributed by atoms with E-state index >= 15 is 0 Å². The first-order valence-electron chi connectivity index (χ1n) is 6.69. The second kappa shape index (κ2) is 5.16. The maximum Gasteiger partial charge on any atom is 0.341 e. The molecule has 3 rings (SSSR count). The van der Waals surface area contributed by atoms with Crippen LogP contribution in [0.25, 0.3) is 11.3 Å². The molecule has 1 aromatic heterocycles. The highest BCUT2D eigenvalue weighted by Gasteiger charge is 2.24. The van der Waals surface area contributed by atoms with Crippen LogP contribution in [0.1, 0.15) is 18.4 Å². The van der Waals surface area contributed by atoms with Gasteiger partial charge in [-0.1, -0.05) is 0 Å². The molecule has 3 N–H and O–H groups in total. The molecule has 2 aromatic rings.